The maximum absolute atomic E-state index is 13.2. The van der Waals surface area contributed by atoms with Crippen molar-refractivity contribution in [1.29, 1.82) is 0 Å². The molecule has 0 aromatic heterocycles. The molecule has 0 radical (unpaired) electrons. The van der Waals surface area contributed by atoms with Crippen LogP contribution in [-0.4, -0.2) is 13.1 Å². The van der Waals surface area contributed by atoms with Crippen molar-refractivity contribution in [3.63, 3.8) is 0 Å². The number of rotatable bonds is 1. The molecule has 3 heteroatoms. The highest BCUT2D eigenvalue weighted by Crippen LogP contribution is 2.24. The largest absolute Gasteiger partial charge is 0.316 e. The van der Waals surface area contributed by atoms with Gasteiger partial charge in [-0.25, -0.2) is 4.39 Å². The van der Waals surface area contributed by atoms with E-state index in [1.54, 1.807) is 6.07 Å². The van der Waals surface area contributed by atoms with Gasteiger partial charge in [0.15, 0.2) is 0 Å². The number of hydrogen-bond acceptors (Lipinski definition) is 1. The summed E-state index contributed by atoms with van der Waals surface area (Å²) in [7, 11) is 0. The quantitative estimate of drug-likeness (QED) is 0.774. The number of benzene rings is 1. The van der Waals surface area contributed by atoms with Gasteiger partial charge < -0.3 is 5.32 Å². The molecule has 2 rings (SSSR count). The Kier molecular flexibility index (Phi) is 3.39. The van der Waals surface area contributed by atoms with Gasteiger partial charge in [0.1, 0.15) is 5.82 Å². The van der Waals surface area contributed by atoms with Gasteiger partial charge in [0.2, 0.25) is 0 Å². The summed E-state index contributed by atoms with van der Waals surface area (Å²) in [5.74, 6) is -0.268. The minimum Gasteiger partial charge on any atom is -0.316 e. The summed E-state index contributed by atoms with van der Waals surface area (Å²) in [5, 5.41) is 3.76. The van der Waals surface area contributed by atoms with Crippen LogP contribution in [0.15, 0.2) is 24.3 Å². The third kappa shape index (κ3) is 2.80. The first kappa shape index (κ1) is 10.7. The maximum atomic E-state index is 13.2. The molecule has 0 aliphatic carbocycles. The second-order valence-corrected chi connectivity index (χ2v) is 4.11. The SMILES string of the molecule is Fc1cc(Cl)cc(C2=CCCNCC2)c1. The number of nitrogens with one attached hydrogen (secondary N) is 1. The van der Waals surface area contributed by atoms with Crippen LogP contribution in [0.3, 0.4) is 0 Å². The van der Waals surface area contributed by atoms with E-state index in [1.807, 2.05) is 6.07 Å². The molecule has 0 spiro atoms. The molecule has 1 nitrogen and oxygen atoms in total. The molecule has 0 saturated heterocycles. The van der Waals surface area contributed by atoms with Gasteiger partial charge in [-0.2, -0.15) is 0 Å². The normalized spacial score (nSPS) is 17.1. The van der Waals surface area contributed by atoms with Gasteiger partial charge in [-0.3, -0.25) is 0 Å². The van der Waals surface area contributed by atoms with E-state index in [0.717, 1.165) is 31.5 Å². The van der Waals surface area contributed by atoms with Gasteiger partial charge in [0.05, 0.1) is 0 Å². The van der Waals surface area contributed by atoms with E-state index in [9.17, 15) is 4.39 Å². The molecule has 0 saturated carbocycles. The standard InChI is InChI=1S/C12H13ClFN/c13-11-6-10(7-12(14)8-11)9-2-1-4-15-5-3-9/h2,6-8,15H,1,3-5H2. The molecule has 1 aliphatic heterocycles. The van der Waals surface area contributed by atoms with Gasteiger partial charge in [0, 0.05) is 5.02 Å². The van der Waals surface area contributed by atoms with Crippen molar-refractivity contribution < 1.29 is 4.39 Å². The minimum atomic E-state index is -0.268. The van der Waals surface area contributed by atoms with Crippen LogP contribution in [0, 0.1) is 5.82 Å². The lowest BCUT2D eigenvalue weighted by atomic mass is 10.0. The van der Waals surface area contributed by atoms with E-state index in [0.29, 0.717) is 5.02 Å². The molecule has 1 aliphatic rings. The van der Waals surface area contributed by atoms with Gasteiger partial charge in [-0.15, -0.1) is 0 Å². The second-order valence-electron chi connectivity index (χ2n) is 3.68. The Morgan fingerprint density at radius 2 is 2.07 bits per heavy atom. The lowest BCUT2D eigenvalue weighted by Crippen LogP contribution is -2.13. The summed E-state index contributed by atoms with van der Waals surface area (Å²) >= 11 is 5.83. The summed E-state index contributed by atoms with van der Waals surface area (Å²) in [4.78, 5) is 0. The third-order valence-corrected chi connectivity index (χ3v) is 2.73. The Bertz CT molecular complexity index is 367. The molecule has 0 bridgehead atoms. The molecule has 0 fully saturated rings. The molecule has 0 unspecified atom stereocenters. The molecule has 15 heavy (non-hydrogen) atoms. The van der Waals surface area contributed by atoms with Crippen LogP contribution in [0.25, 0.3) is 5.57 Å². The molecule has 0 amide bonds. The van der Waals surface area contributed by atoms with Crippen LogP contribution in [0.1, 0.15) is 18.4 Å². The number of halogens is 2. The van der Waals surface area contributed by atoms with Crippen molar-refractivity contribution in [3.05, 3.63) is 40.7 Å². The van der Waals surface area contributed by atoms with Crippen molar-refractivity contribution in [2.75, 3.05) is 13.1 Å². The smallest absolute Gasteiger partial charge is 0.125 e. The highest BCUT2D eigenvalue weighted by Gasteiger charge is 2.07. The third-order valence-electron chi connectivity index (χ3n) is 2.52. The summed E-state index contributed by atoms with van der Waals surface area (Å²) in [6.45, 7) is 1.94. The average molecular weight is 226 g/mol. The predicted molar refractivity (Wildman–Crippen MR) is 61.5 cm³/mol. The number of hydrogen-bond donors (Lipinski definition) is 1. The molecule has 1 aromatic carbocycles. The zero-order chi connectivity index (χ0) is 10.7. The van der Waals surface area contributed by atoms with E-state index in [-0.39, 0.29) is 5.82 Å². The molecular weight excluding hydrogens is 213 g/mol. The van der Waals surface area contributed by atoms with Crippen LogP contribution in [0.5, 0.6) is 0 Å². The van der Waals surface area contributed by atoms with Gasteiger partial charge in [-0.1, -0.05) is 17.7 Å². The molecule has 0 atom stereocenters. The summed E-state index contributed by atoms with van der Waals surface area (Å²) in [6.07, 6.45) is 4.08. The van der Waals surface area contributed by atoms with Crippen LogP contribution in [-0.2, 0) is 0 Å². The average Bonchev–Trinajstić information content (AvgIpc) is 2.43. The van der Waals surface area contributed by atoms with Gasteiger partial charge in [0.25, 0.3) is 0 Å². The van der Waals surface area contributed by atoms with Crippen LogP contribution in [0.4, 0.5) is 4.39 Å². The molecular formula is C12H13ClFN. The highest BCUT2D eigenvalue weighted by atomic mass is 35.5. The first-order chi connectivity index (χ1) is 7.25. The van der Waals surface area contributed by atoms with Crippen molar-refractivity contribution in [3.8, 4) is 0 Å². The predicted octanol–water partition coefficient (Wildman–Crippen LogP) is 3.25. The zero-order valence-electron chi connectivity index (χ0n) is 8.39. The second kappa shape index (κ2) is 4.77. The van der Waals surface area contributed by atoms with Crippen molar-refractivity contribution in [2.24, 2.45) is 0 Å². The lowest BCUT2D eigenvalue weighted by molar-refractivity contribution is 0.627. The Morgan fingerprint density at radius 1 is 1.20 bits per heavy atom. The van der Waals surface area contributed by atoms with Gasteiger partial charge >= 0.3 is 0 Å². The van der Waals surface area contributed by atoms with Gasteiger partial charge in [-0.05, 0) is 55.3 Å². The fourth-order valence-corrected chi connectivity index (χ4v) is 2.02. The summed E-state index contributed by atoms with van der Waals surface area (Å²) < 4.78 is 13.2. The van der Waals surface area contributed by atoms with E-state index in [2.05, 4.69) is 11.4 Å². The maximum Gasteiger partial charge on any atom is 0.125 e. The van der Waals surface area contributed by atoms with Crippen molar-refractivity contribution >= 4 is 17.2 Å². The van der Waals surface area contributed by atoms with E-state index >= 15 is 0 Å². The minimum absolute atomic E-state index is 0.268. The van der Waals surface area contributed by atoms with Crippen molar-refractivity contribution in [1.82, 2.24) is 5.32 Å². The zero-order valence-corrected chi connectivity index (χ0v) is 9.15. The van der Waals surface area contributed by atoms with E-state index in [4.69, 9.17) is 11.6 Å². The Balaban J connectivity index is 2.31. The molecule has 1 heterocycles. The Morgan fingerprint density at radius 3 is 2.87 bits per heavy atom. The Labute approximate surface area is 93.9 Å². The Hall–Kier alpha value is -0.860. The highest BCUT2D eigenvalue weighted by molar-refractivity contribution is 6.30. The van der Waals surface area contributed by atoms with Crippen LogP contribution >= 0.6 is 11.6 Å². The molecule has 80 valence electrons. The lowest BCUT2D eigenvalue weighted by Gasteiger charge is -2.06. The first-order valence-electron chi connectivity index (χ1n) is 5.12. The molecule has 1 aromatic rings. The summed E-state index contributed by atoms with van der Waals surface area (Å²) in [6, 6.07) is 4.70. The summed E-state index contributed by atoms with van der Waals surface area (Å²) in [5.41, 5.74) is 2.09. The van der Waals surface area contributed by atoms with Crippen molar-refractivity contribution in [2.45, 2.75) is 12.8 Å². The molecule has 1 N–H and O–H groups in total. The van der Waals surface area contributed by atoms with E-state index < -0.39 is 0 Å². The first-order valence-corrected chi connectivity index (χ1v) is 5.50. The topological polar surface area (TPSA) is 12.0 Å². The fourth-order valence-electron chi connectivity index (χ4n) is 1.80. The van der Waals surface area contributed by atoms with Crippen LogP contribution < -0.4 is 5.32 Å². The van der Waals surface area contributed by atoms with Crippen LogP contribution in [0.2, 0.25) is 5.02 Å². The monoisotopic (exact) mass is 225 g/mol. The fraction of sp³-hybridized carbons (Fsp3) is 0.333. The van der Waals surface area contributed by atoms with E-state index in [1.165, 1.54) is 11.6 Å².